The van der Waals surface area contributed by atoms with Gasteiger partial charge in [-0.1, -0.05) is 17.8 Å². The summed E-state index contributed by atoms with van der Waals surface area (Å²) >= 11 is 3.27. The molecular weight excluding hydrogens is 338 g/mol. The van der Waals surface area contributed by atoms with Gasteiger partial charge in [0.1, 0.15) is 0 Å². The summed E-state index contributed by atoms with van der Waals surface area (Å²) in [5.74, 6) is 0.249. The van der Waals surface area contributed by atoms with Gasteiger partial charge in [0.2, 0.25) is 5.91 Å². The minimum Gasteiger partial charge on any atom is -0.335 e. The van der Waals surface area contributed by atoms with Gasteiger partial charge < -0.3 is 4.90 Å². The number of rotatable bonds is 7. The molecule has 24 heavy (non-hydrogen) atoms. The van der Waals surface area contributed by atoms with Crippen LogP contribution in [0.3, 0.4) is 0 Å². The number of aryl methyl sites for hydroxylation is 2. The van der Waals surface area contributed by atoms with Crippen molar-refractivity contribution in [1.29, 1.82) is 0 Å². The van der Waals surface area contributed by atoms with Crippen molar-refractivity contribution in [3.05, 3.63) is 39.3 Å². The average Bonchev–Trinajstić information content (AvgIpc) is 3.27. The second-order valence-electron chi connectivity index (χ2n) is 6.19. The van der Waals surface area contributed by atoms with Crippen LogP contribution in [-0.4, -0.2) is 33.1 Å². The fraction of sp³-hybridized carbons (Fsp3) is 0.500. The lowest BCUT2D eigenvalue weighted by atomic mass is 10.1. The van der Waals surface area contributed by atoms with E-state index >= 15 is 0 Å². The Labute approximate surface area is 151 Å². The minimum absolute atomic E-state index is 0.249. The van der Waals surface area contributed by atoms with Crippen LogP contribution >= 0.6 is 23.1 Å². The van der Waals surface area contributed by atoms with E-state index in [1.165, 1.54) is 4.88 Å². The van der Waals surface area contributed by atoms with Gasteiger partial charge in [0.25, 0.3) is 0 Å². The Kier molecular flexibility index (Phi) is 5.56. The van der Waals surface area contributed by atoms with Crippen LogP contribution in [0, 0.1) is 13.8 Å². The average molecular weight is 362 g/mol. The van der Waals surface area contributed by atoms with E-state index in [-0.39, 0.29) is 5.91 Å². The smallest absolute Gasteiger partial charge is 0.223 e. The molecule has 0 atom stereocenters. The first-order valence-corrected chi connectivity index (χ1v) is 10.4. The molecular formula is C18H23N3OS2. The van der Waals surface area contributed by atoms with Crippen LogP contribution in [-0.2, 0) is 17.8 Å². The number of nitrogens with zero attached hydrogens (tertiary/aromatic N) is 3. The first-order valence-electron chi connectivity index (χ1n) is 8.28. The van der Waals surface area contributed by atoms with Crippen LogP contribution in [0.25, 0.3) is 0 Å². The lowest BCUT2D eigenvalue weighted by molar-refractivity contribution is -0.132. The molecule has 0 N–H and O–H groups in total. The highest BCUT2D eigenvalue weighted by Crippen LogP contribution is 2.30. The summed E-state index contributed by atoms with van der Waals surface area (Å²) in [6, 6.07) is 4.60. The summed E-state index contributed by atoms with van der Waals surface area (Å²) in [7, 11) is 0. The van der Waals surface area contributed by atoms with Crippen molar-refractivity contribution < 1.29 is 4.79 Å². The van der Waals surface area contributed by atoms with Crippen LogP contribution in [0.5, 0.6) is 0 Å². The zero-order chi connectivity index (χ0) is 17.1. The van der Waals surface area contributed by atoms with Gasteiger partial charge in [-0.3, -0.25) is 4.79 Å². The van der Waals surface area contributed by atoms with Crippen molar-refractivity contribution in [1.82, 2.24) is 14.9 Å². The molecule has 0 saturated heterocycles. The number of carbonyl (C=O) groups is 1. The van der Waals surface area contributed by atoms with Crippen LogP contribution in [0.2, 0.25) is 0 Å². The van der Waals surface area contributed by atoms with Gasteiger partial charge in [-0.25, -0.2) is 9.97 Å². The molecule has 0 unspecified atom stereocenters. The molecule has 4 nitrogen and oxygen atoms in total. The molecule has 0 bridgehead atoms. The van der Waals surface area contributed by atoms with E-state index in [4.69, 9.17) is 0 Å². The third kappa shape index (κ3) is 4.16. The number of thiophene rings is 1. The highest BCUT2D eigenvalue weighted by atomic mass is 32.2. The standard InChI is InChI=1S/C18H23N3OS2/c1-12-16(13(2)20-18(19-12)23-3)8-9-17(22)21(14-6-7-14)11-15-5-4-10-24-15/h4-5,10,14H,6-9,11H2,1-3H3. The summed E-state index contributed by atoms with van der Waals surface area (Å²) in [6.45, 7) is 4.78. The lowest BCUT2D eigenvalue weighted by Gasteiger charge is -2.22. The van der Waals surface area contributed by atoms with Crippen LogP contribution in [0.1, 0.15) is 41.1 Å². The van der Waals surface area contributed by atoms with E-state index in [1.807, 2.05) is 26.2 Å². The van der Waals surface area contributed by atoms with Crippen molar-refractivity contribution in [2.24, 2.45) is 0 Å². The highest BCUT2D eigenvalue weighted by molar-refractivity contribution is 7.98. The Morgan fingerprint density at radius 1 is 1.33 bits per heavy atom. The summed E-state index contributed by atoms with van der Waals surface area (Å²) in [5.41, 5.74) is 3.11. The molecule has 0 aliphatic heterocycles. The minimum atomic E-state index is 0.249. The zero-order valence-electron chi connectivity index (χ0n) is 14.4. The second kappa shape index (κ2) is 7.66. The largest absolute Gasteiger partial charge is 0.335 e. The molecule has 1 amide bonds. The molecule has 1 fully saturated rings. The van der Waals surface area contributed by atoms with E-state index < -0.39 is 0 Å². The third-order valence-corrected chi connectivity index (χ3v) is 5.79. The van der Waals surface area contributed by atoms with Gasteiger partial charge in [-0.15, -0.1) is 11.3 Å². The summed E-state index contributed by atoms with van der Waals surface area (Å²) < 4.78 is 0. The normalized spacial score (nSPS) is 14.0. The van der Waals surface area contributed by atoms with E-state index in [1.54, 1.807) is 23.1 Å². The summed E-state index contributed by atoms with van der Waals surface area (Å²) in [4.78, 5) is 25.1. The first-order chi connectivity index (χ1) is 11.6. The third-order valence-electron chi connectivity index (χ3n) is 4.39. The lowest BCUT2D eigenvalue weighted by Crippen LogP contribution is -2.32. The zero-order valence-corrected chi connectivity index (χ0v) is 16.0. The van der Waals surface area contributed by atoms with Crippen molar-refractivity contribution in [2.75, 3.05) is 6.26 Å². The number of amides is 1. The molecule has 2 aromatic rings. The Balaban J connectivity index is 1.65. The van der Waals surface area contributed by atoms with Crippen molar-refractivity contribution in [3.63, 3.8) is 0 Å². The second-order valence-corrected chi connectivity index (χ2v) is 8.00. The number of hydrogen-bond donors (Lipinski definition) is 0. The molecule has 3 rings (SSSR count). The van der Waals surface area contributed by atoms with E-state index in [0.717, 1.165) is 47.9 Å². The van der Waals surface area contributed by atoms with Gasteiger partial charge in [0, 0.05) is 28.7 Å². The number of aromatic nitrogens is 2. The highest BCUT2D eigenvalue weighted by Gasteiger charge is 2.32. The van der Waals surface area contributed by atoms with Gasteiger partial charge >= 0.3 is 0 Å². The first kappa shape index (κ1) is 17.4. The Morgan fingerprint density at radius 2 is 2.04 bits per heavy atom. The fourth-order valence-corrected chi connectivity index (χ4v) is 4.07. The summed E-state index contributed by atoms with van der Waals surface area (Å²) in [6.07, 6.45) is 5.52. The number of carbonyl (C=O) groups excluding carboxylic acids is 1. The van der Waals surface area contributed by atoms with Crippen LogP contribution in [0.15, 0.2) is 22.7 Å². The van der Waals surface area contributed by atoms with Crippen molar-refractivity contribution in [3.8, 4) is 0 Å². The van der Waals surface area contributed by atoms with Crippen molar-refractivity contribution in [2.45, 2.75) is 57.3 Å². The molecule has 0 aromatic carbocycles. The maximum absolute atomic E-state index is 12.8. The molecule has 0 spiro atoms. The maximum atomic E-state index is 12.8. The van der Waals surface area contributed by atoms with Crippen LogP contribution < -0.4 is 0 Å². The quantitative estimate of drug-likeness (QED) is 0.552. The molecule has 2 heterocycles. The SMILES string of the molecule is CSc1nc(C)c(CCC(=O)N(Cc2cccs2)C2CC2)c(C)n1. The van der Waals surface area contributed by atoms with Gasteiger partial charge in [0.15, 0.2) is 5.16 Å². The van der Waals surface area contributed by atoms with Gasteiger partial charge in [0.05, 0.1) is 6.54 Å². The monoisotopic (exact) mass is 361 g/mol. The summed E-state index contributed by atoms with van der Waals surface area (Å²) in [5, 5.41) is 2.87. The van der Waals surface area contributed by atoms with Gasteiger partial charge in [-0.05, 0) is 56.4 Å². The number of thioether (sulfide) groups is 1. The van der Waals surface area contributed by atoms with Crippen molar-refractivity contribution >= 4 is 29.0 Å². The molecule has 1 saturated carbocycles. The van der Waals surface area contributed by atoms with E-state index in [2.05, 4.69) is 26.3 Å². The molecule has 6 heteroatoms. The topological polar surface area (TPSA) is 46.1 Å². The molecule has 0 radical (unpaired) electrons. The van der Waals surface area contributed by atoms with E-state index in [9.17, 15) is 4.79 Å². The number of hydrogen-bond acceptors (Lipinski definition) is 5. The molecule has 1 aliphatic carbocycles. The maximum Gasteiger partial charge on any atom is 0.223 e. The Morgan fingerprint density at radius 3 is 2.58 bits per heavy atom. The Hall–Kier alpha value is -1.40. The van der Waals surface area contributed by atoms with E-state index in [0.29, 0.717) is 12.5 Å². The van der Waals surface area contributed by atoms with Crippen LogP contribution in [0.4, 0.5) is 0 Å². The van der Waals surface area contributed by atoms with Gasteiger partial charge in [-0.2, -0.15) is 0 Å². The molecule has 1 aliphatic rings. The molecule has 128 valence electrons. The predicted molar refractivity (Wildman–Crippen MR) is 99.5 cm³/mol. The Bertz CT molecular complexity index is 688. The molecule has 2 aromatic heterocycles. The predicted octanol–water partition coefficient (Wildman–Crippen LogP) is 4.00. The fourth-order valence-electron chi connectivity index (χ4n) is 2.91.